The van der Waals surface area contributed by atoms with Crippen molar-refractivity contribution in [3.63, 3.8) is 0 Å². The van der Waals surface area contributed by atoms with E-state index < -0.39 is 0 Å². The quantitative estimate of drug-likeness (QED) is 0.746. The summed E-state index contributed by atoms with van der Waals surface area (Å²) in [6, 6.07) is 12.4. The second-order valence-electron chi connectivity index (χ2n) is 5.68. The molecule has 0 saturated heterocycles. The van der Waals surface area contributed by atoms with Gasteiger partial charge >= 0.3 is 0 Å². The molecule has 0 spiro atoms. The van der Waals surface area contributed by atoms with Crippen molar-refractivity contribution in [2.45, 2.75) is 58.0 Å². The average molecular weight is 284 g/mol. The summed E-state index contributed by atoms with van der Waals surface area (Å²) in [5, 5.41) is 13.7. The van der Waals surface area contributed by atoms with Gasteiger partial charge in [-0.1, -0.05) is 67.6 Å². The molecule has 1 unspecified atom stereocenters. The topological polar surface area (TPSA) is 45.4 Å². The summed E-state index contributed by atoms with van der Waals surface area (Å²) in [5.41, 5.74) is 2.05. The number of nitriles is 1. The number of oxime groups is 1. The molecule has 0 aromatic heterocycles. The van der Waals surface area contributed by atoms with Crippen molar-refractivity contribution in [3.8, 4) is 6.07 Å². The van der Waals surface area contributed by atoms with Crippen LogP contribution in [-0.4, -0.2) is 5.71 Å². The summed E-state index contributed by atoms with van der Waals surface area (Å²) < 4.78 is 0. The van der Waals surface area contributed by atoms with Gasteiger partial charge in [-0.15, -0.1) is 0 Å². The Morgan fingerprint density at radius 2 is 1.76 bits per heavy atom. The van der Waals surface area contributed by atoms with Gasteiger partial charge in [0.25, 0.3) is 0 Å². The zero-order valence-electron chi connectivity index (χ0n) is 12.6. The average Bonchev–Trinajstić information content (AvgIpc) is 2.54. The third kappa shape index (κ3) is 5.59. The molecule has 1 aliphatic carbocycles. The van der Waals surface area contributed by atoms with Gasteiger partial charge in [-0.2, -0.15) is 5.26 Å². The van der Waals surface area contributed by atoms with Gasteiger partial charge in [-0.3, -0.25) is 0 Å². The van der Waals surface area contributed by atoms with E-state index in [0.29, 0.717) is 6.61 Å². The van der Waals surface area contributed by atoms with Crippen molar-refractivity contribution in [1.29, 1.82) is 5.26 Å². The monoisotopic (exact) mass is 284 g/mol. The lowest BCUT2D eigenvalue weighted by atomic mass is 9.91. The summed E-state index contributed by atoms with van der Waals surface area (Å²) in [7, 11) is 0. The fourth-order valence-corrected chi connectivity index (χ4v) is 2.71. The first kappa shape index (κ1) is 15.6. The Labute approximate surface area is 127 Å². The molecular weight excluding hydrogens is 260 g/mol. The molecular formula is C18H24N2O. The first-order chi connectivity index (χ1) is 10.4. The molecule has 2 rings (SSSR count). The molecule has 0 amide bonds. The minimum atomic E-state index is -0.0705. The molecule has 1 atom stereocenters. The first-order valence-corrected chi connectivity index (χ1v) is 8.02. The summed E-state index contributed by atoms with van der Waals surface area (Å²) in [5.74, 6) is -0.0705. The highest BCUT2D eigenvalue weighted by atomic mass is 16.6. The van der Waals surface area contributed by atoms with Crippen LogP contribution in [0.2, 0.25) is 0 Å². The lowest BCUT2D eigenvalue weighted by Crippen LogP contribution is -2.14. The molecule has 0 bridgehead atoms. The van der Waals surface area contributed by atoms with E-state index in [2.05, 4.69) is 11.2 Å². The van der Waals surface area contributed by atoms with E-state index in [9.17, 15) is 5.26 Å². The lowest BCUT2D eigenvalue weighted by molar-refractivity contribution is 0.128. The van der Waals surface area contributed by atoms with Crippen LogP contribution in [0.3, 0.4) is 0 Å². The van der Waals surface area contributed by atoms with Crippen LogP contribution in [0.5, 0.6) is 0 Å². The van der Waals surface area contributed by atoms with Crippen LogP contribution < -0.4 is 0 Å². The summed E-state index contributed by atoms with van der Waals surface area (Å²) in [4.78, 5) is 5.50. The van der Waals surface area contributed by atoms with Crippen LogP contribution in [0.15, 0.2) is 35.5 Å². The van der Waals surface area contributed by atoms with Crippen LogP contribution in [-0.2, 0) is 11.4 Å². The maximum Gasteiger partial charge on any atom is 0.142 e. The van der Waals surface area contributed by atoms with E-state index in [4.69, 9.17) is 4.84 Å². The molecule has 0 N–H and O–H groups in total. The molecule has 0 radical (unpaired) electrons. The predicted octanol–water partition coefficient (Wildman–Crippen LogP) is 4.83. The third-order valence-corrected chi connectivity index (χ3v) is 3.99. The Balaban J connectivity index is 1.94. The zero-order chi connectivity index (χ0) is 14.8. The molecule has 1 saturated carbocycles. The second kappa shape index (κ2) is 9.18. The molecule has 21 heavy (non-hydrogen) atoms. The maximum absolute atomic E-state index is 9.37. The Hall–Kier alpha value is -1.82. The molecule has 3 nitrogen and oxygen atoms in total. The molecule has 1 aromatic carbocycles. The van der Waals surface area contributed by atoms with Crippen LogP contribution in [0, 0.1) is 17.2 Å². The van der Waals surface area contributed by atoms with Crippen LogP contribution in [0.1, 0.15) is 56.9 Å². The highest BCUT2D eigenvalue weighted by Gasteiger charge is 2.17. The molecule has 3 heteroatoms. The molecule has 0 aliphatic heterocycles. The van der Waals surface area contributed by atoms with Crippen molar-refractivity contribution in [2.75, 3.05) is 0 Å². The predicted molar refractivity (Wildman–Crippen MR) is 84.7 cm³/mol. The van der Waals surface area contributed by atoms with Gasteiger partial charge in [0.15, 0.2) is 0 Å². The Morgan fingerprint density at radius 1 is 1.05 bits per heavy atom. The SMILES string of the molecule is N#CC1CCCCCCCCC1=NOCc1ccccc1. The summed E-state index contributed by atoms with van der Waals surface area (Å²) in [6.45, 7) is 0.475. The second-order valence-corrected chi connectivity index (χ2v) is 5.68. The van der Waals surface area contributed by atoms with Crippen LogP contribution in [0.25, 0.3) is 0 Å². The Bertz CT molecular complexity index is 476. The zero-order valence-corrected chi connectivity index (χ0v) is 12.6. The van der Waals surface area contributed by atoms with E-state index >= 15 is 0 Å². The Morgan fingerprint density at radius 3 is 2.52 bits per heavy atom. The smallest absolute Gasteiger partial charge is 0.142 e. The van der Waals surface area contributed by atoms with E-state index in [1.54, 1.807) is 0 Å². The fraction of sp³-hybridized carbons (Fsp3) is 0.556. The molecule has 1 fully saturated rings. The van der Waals surface area contributed by atoms with Crippen molar-refractivity contribution < 1.29 is 4.84 Å². The van der Waals surface area contributed by atoms with Gasteiger partial charge in [0.05, 0.1) is 17.7 Å². The van der Waals surface area contributed by atoms with Gasteiger partial charge in [0, 0.05) is 0 Å². The van der Waals surface area contributed by atoms with Crippen LogP contribution in [0.4, 0.5) is 0 Å². The van der Waals surface area contributed by atoms with Crippen molar-refractivity contribution in [2.24, 2.45) is 11.1 Å². The fourth-order valence-electron chi connectivity index (χ4n) is 2.71. The molecule has 112 valence electrons. The normalized spacial score (nSPS) is 22.4. The van der Waals surface area contributed by atoms with E-state index in [0.717, 1.165) is 37.0 Å². The molecule has 1 aromatic rings. The van der Waals surface area contributed by atoms with Crippen molar-refractivity contribution >= 4 is 5.71 Å². The number of hydrogen-bond donors (Lipinski definition) is 0. The highest BCUT2D eigenvalue weighted by molar-refractivity contribution is 5.88. The van der Waals surface area contributed by atoms with E-state index in [-0.39, 0.29) is 5.92 Å². The third-order valence-electron chi connectivity index (χ3n) is 3.99. The van der Waals surface area contributed by atoms with Gasteiger partial charge in [0.1, 0.15) is 6.61 Å². The molecule has 0 heterocycles. The van der Waals surface area contributed by atoms with Crippen molar-refractivity contribution in [1.82, 2.24) is 0 Å². The van der Waals surface area contributed by atoms with Gasteiger partial charge in [-0.05, 0) is 24.8 Å². The van der Waals surface area contributed by atoms with E-state index in [1.807, 2.05) is 30.3 Å². The van der Waals surface area contributed by atoms with Crippen LogP contribution >= 0.6 is 0 Å². The highest BCUT2D eigenvalue weighted by Crippen LogP contribution is 2.20. The van der Waals surface area contributed by atoms with Gasteiger partial charge in [0.2, 0.25) is 0 Å². The summed E-state index contributed by atoms with van der Waals surface area (Å²) in [6.07, 6.45) is 9.12. The first-order valence-electron chi connectivity index (χ1n) is 8.02. The van der Waals surface area contributed by atoms with E-state index in [1.165, 1.54) is 25.7 Å². The number of nitrogens with zero attached hydrogens (tertiary/aromatic N) is 2. The van der Waals surface area contributed by atoms with Gasteiger partial charge in [-0.25, -0.2) is 0 Å². The molecule has 1 aliphatic rings. The largest absolute Gasteiger partial charge is 0.391 e. The number of rotatable bonds is 3. The standard InChI is InChI=1S/C18H24N2O/c19-14-17-12-8-3-1-2-4-9-13-18(17)20-21-15-16-10-6-5-7-11-16/h5-7,10-11,17H,1-4,8-9,12-13,15H2. The lowest BCUT2D eigenvalue weighted by Gasteiger charge is -2.14. The van der Waals surface area contributed by atoms with Gasteiger partial charge < -0.3 is 4.84 Å². The van der Waals surface area contributed by atoms with Crippen molar-refractivity contribution in [3.05, 3.63) is 35.9 Å². The summed E-state index contributed by atoms with van der Waals surface area (Å²) >= 11 is 0. The maximum atomic E-state index is 9.37. The number of hydrogen-bond acceptors (Lipinski definition) is 3. The Kier molecular flexibility index (Phi) is 6.80. The minimum Gasteiger partial charge on any atom is -0.391 e. The number of benzene rings is 1. The minimum absolute atomic E-state index is 0.0705.